The second-order valence-electron chi connectivity index (χ2n) is 5.40. The number of amides is 2. The van der Waals surface area contributed by atoms with Gasteiger partial charge in [0, 0.05) is 18.1 Å². The molecule has 0 aliphatic heterocycles. The van der Waals surface area contributed by atoms with Gasteiger partial charge in [0.1, 0.15) is 11.5 Å². The molecule has 2 rings (SSSR count). The van der Waals surface area contributed by atoms with Gasteiger partial charge in [-0.15, -0.1) is 0 Å². The number of aryl methyl sites for hydroxylation is 1. The minimum atomic E-state index is -0.828. The van der Waals surface area contributed by atoms with Crippen molar-refractivity contribution in [3.05, 3.63) is 40.1 Å². The second-order valence-corrected chi connectivity index (χ2v) is 6.24. The van der Waals surface area contributed by atoms with Crippen LogP contribution in [0.15, 0.2) is 28.8 Å². The van der Waals surface area contributed by atoms with E-state index in [-0.39, 0.29) is 12.5 Å². The summed E-state index contributed by atoms with van der Waals surface area (Å²) in [5.74, 6) is 0.420. The summed E-state index contributed by atoms with van der Waals surface area (Å²) in [5.41, 5.74) is 0. The van der Waals surface area contributed by atoms with Crippen LogP contribution in [0.25, 0.3) is 0 Å². The van der Waals surface area contributed by atoms with Crippen molar-refractivity contribution in [2.45, 2.75) is 20.0 Å². The molecule has 0 radical (unpaired) electrons. The number of carbonyl (C=O) groups is 2. The first kappa shape index (κ1) is 19.1. The van der Waals surface area contributed by atoms with E-state index >= 15 is 0 Å². The van der Waals surface area contributed by atoms with E-state index in [9.17, 15) is 9.59 Å². The largest absolute Gasteiger partial charge is 0.479 e. The molecule has 9 heteroatoms. The highest BCUT2D eigenvalue weighted by Gasteiger charge is 2.22. The molecule has 0 fully saturated rings. The van der Waals surface area contributed by atoms with Gasteiger partial charge in [0.2, 0.25) is 5.91 Å². The van der Waals surface area contributed by atoms with Crippen molar-refractivity contribution in [2.75, 3.05) is 18.9 Å². The molecule has 1 N–H and O–H groups in total. The Kier molecular flexibility index (Phi) is 6.27. The Morgan fingerprint density at radius 2 is 2.08 bits per heavy atom. The van der Waals surface area contributed by atoms with Gasteiger partial charge in [0.25, 0.3) is 5.91 Å². The van der Waals surface area contributed by atoms with Gasteiger partial charge in [-0.3, -0.25) is 9.59 Å². The molecule has 0 saturated carbocycles. The van der Waals surface area contributed by atoms with E-state index in [0.717, 1.165) is 0 Å². The van der Waals surface area contributed by atoms with Crippen LogP contribution in [-0.4, -0.2) is 41.6 Å². The van der Waals surface area contributed by atoms with Crippen LogP contribution in [0.4, 0.5) is 5.82 Å². The lowest BCUT2D eigenvalue weighted by Gasteiger charge is -2.22. The van der Waals surface area contributed by atoms with Gasteiger partial charge in [0.15, 0.2) is 11.9 Å². The SMILES string of the molecule is Cc1cc(NC(=O)CN(C)C(=O)[C@H](C)Oc2ccc(Cl)cc2Cl)no1. The predicted octanol–water partition coefficient (Wildman–Crippen LogP) is 3.15. The average Bonchev–Trinajstić information content (AvgIpc) is 2.93. The number of carbonyl (C=O) groups excluding carboxylic acids is 2. The number of hydrogen-bond donors (Lipinski definition) is 1. The van der Waals surface area contributed by atoms with Crippen molar-refractivity contribution in [1.29, 1.82) is 0 Å². The zero-order valence-electron chi connectivity index (χ0n) is 13.9. The monoisotopic (exact) mass is 385 g/mol. The van der Waals surface area contributed by atoms with Crippen LogP contribution in [0.2, 0.25) is 10.0 Å². The topological polar surface area (TPSA) is 84.7 Å². The number of ether oxygens (including phenoxy) is 1. The normalized spacial score (nSPS) is 11.7. The fraction of sp³-hybridized carbons (Fsp3) is 0.312. The maximum absolute atomic E-state index is 12.3. The van der Waals surface area contributed by atoms with E-state index in [2.05, 4.69) is 10.5 Å². The molecule has 25 heavy (non-hydrogen) atoms. The molecular formula is C16H17Cl2N3O4. The predicted molar refractivity (Wildman–Crippen MR) is 94.1 cm³/mol. The van der Waals surface area contributed by atoms with E-state index in [0.29, 0.717) is 27.4 Å². The third-order valence-corrected chi connectivity index (χ3v) is 3.73. The number of nitrogens with one attached hydrogen (secondary N) is 1. The summed E-state index contributed by atoms with van der Waals surface area (Å²) in [6, 6.07) is 6.28. The highest BCUT2D eigenvalue weighted by atomic mass is 35.5. The van der Waals surface area contributed by atoms with Crippen molar-refractivity contribution in [3.63, 3.8) is 0 Å². The average molecular weight is 386 g/mol. The highest BCUT2D eigenvalue weighted by Crippen LogP contribution is 2.28. The van der Waals surface area contributed by atoms with Crippen molar-refractivity contribution in [3.8, 4) is 5.75 Å². The maximum Gasteiger partial charge on any atom is 0.263 e. The lowest BCUT2D eigenvalue weighted by molar-refractivity contribution is -0.139. The maximum atomic E-state index is 12.3. The van der Waals surface area contributed by atoms with Crippen LogP contribution < -0.4 is 10.1 Å². The molecule has 0 saturated heterocycles. The van der Waals surface area contributed by atoms with Gasteiger partial charge in [-0.1, -0.05) is 28.4 Å². The molecule has 1 heterocycles. The van der Waals surface area contributed by atoms with E-state index in [4.69, 9.17) is 32.5 Å². The van der Waals surface area contributed by atoms with Crippen molar-refractivity contribution in [1.82, 2.24) is 10.1 Å². The van der Waals surface area contributed by atoms with Crippen molar-refractivity contribution in [2.24, 2.45) is 0 Å². The summed E-state index contributed by atoms with van der Waals surface area (Å²) in [6.07, 6.45) is -0.828. The number of aromatic nitrogens is 1. The van der Waals surface area contributed by atoms with Gasteiger partial charge in [-0.2, -0.15) is 0 Å². The van der Waals surface area contributed by atoms with E-state index < -0.39 is 12.0 Å². The number of rotatable bonds is 6. The third-order valence-electron chi connectivity index (χ3n) is 3.20. The Hall–Kier alpha value is -2.25. The van der Waals surface area contributed by atoms with Gasteiger partial charge >= 0.3 is 0 Å². The fourth-order valence-corrected chi connectivity index (χ4v) is 2.48. The van der Waals surface area contributed by atoms with Crippen LogP contribution in [0.3, 0.4) is 0 Å². The molecule has 0 aliphatic carbocycles. The number of halogens is 2. The van der Waals surface area contributed by atoms with Crippen LogP contribution in [0.5, 0.6) is 5.75 Å². The van der Waals surface area contributed by atoms with Gasteiger partial charge in [-0.05, 0) is 32.0 Å². The molecule has 0 unspecified atom stereocenters. The number of nitrogens with zero attached hydrogens (tertiary/aromatic N) is 2. The molecule has 0 bridgehead atoms. The summed E-state index contributed by atoms with van der Waals surface area (Å²) in [6.45, 7) is 3.12. The molecule has 1 atom stereocenters. The Bertz CT molecular complexity index is 778. The molecule has 2 aromatic rings. The van der Waals surface area contributed by atoms with Gasteiger partial charge < -0.3 is 19.5 Å². The van der Waals surface area contributed by atoms with Crippen molar-refractivity contribution < 1.29 is 18.8 Å². The molecule has 0 aliphatic rings. The lowest BCUT2D eigenvalue weighted by atomic mass is 10.3. The smallest absolute Gasteiger partial charge is 0.263 e. The van der Waals surface area contributed by atoms with Crippen LogP contribution in [0, 0.1) is 6.92 Å². The number of anilines is 1. The van der Waals surface area contributed by atoms with E-state index in [1.807, 2.05) is 0 Å². The van der Waals surface area contributed by atoms with Gasteiger partial charge in [-0.25, -0.2) is 0 Å². The van der Waals surface area contributed by atoms with Crippen LogP contribution in [0.1, 0.15) is 12.7 Å². The Morgan fingerprint density at radius 3 is 2.68 bits per heavy atom. The Balaban J connectivity index is 1.90. The highest BCUT2D eigenvalue weighted by molar-refractivity contribution is 6.35. The first-order valence-electron chi connectivity index (χ1n) is 7.36. The quantitative estimate of drug-likeness (QED) is 0.825. The third kappa shape index (κ3) is 5.37. The Labute approximate surface area is 154 Å². The summed E-state index contributed by atoms with van der Waals surface area (Å²) in [5, 5.41) is 6.96. The number of benzene rings is 1. The standard InChI is InChI=1S/C16H17Cl2N3O4/c1-9-6-14(20-25-9)19-15(22)8-21(3)16(23)10(2)24-13-5-4-11(17)7-12(13)18/h4-7,10H,8H2,1-3H3,(H,19,20,22)/t10-/m0/s1. The fourth-order valence-electron chi connectivity index (χ4n) is 2.02. The lowest BCUT2D eigenvalue weighted by Crippen LogP contribution is -2.42. The first-order valence-corrected chi connectivity index (χ1v) is 8.11. The molecule has 134 valence electrons. The summed E-state index contributed by atoms with van der Waals surface area (Å²) >= 11 is 11.8. The second kappa shape index (κ2) is 8.22. The molecule has 2 amide bonds. The Morgan fingerprint density at radius 1 is 1.36 bits per heavy atom. The van der Waals surface area contributed by atoms with Crippen LogP contribution >= 0.6 is 23.2 Å². The summed E-state index contributed by atoms with van der Waals surface area (Å²) < 4.78 is 10.4. The molecular weight excluding hydrogens is 369 g/mol. The van der Waals surface area contributed by atoms with Gasteiger partial charge in [0.05, 0.1) is 11.6 Å². The summed E-state index contributed by atoms with van der Waals surface area (Å²) in [7, 11) is 1.50. The zero-order valence-corrected chi connectivity index (χ0v) is 15.4. The first-order chi connectivity index (χ1) is 11.8. The zero-order chi connectivity index (χ0) is 18.6. The molecule has 7 nitrogen and oxygen atoms in total. The van der Waals surface area contributed by atoms with Crippen molar-refractivity contribution >= 4 is 40.8 Å². The molecule has 1 aromatic heterocycles. The van der Waals surface area contributed by atoms with E-state index in [1.54, 1.807) is 32.0 Å². The van der Waals surface area contributed by atoms with E-state index in [1.165, 1.54) is 18.0 Å². The minimum absolute atomic E-state index is 0.160. The minimum Gasteiger partial charge on any atom is -0.479 e. The molecule has 0 spiro atoms. The summed E-state index contributed by atoms with van der Waals surface area (Å²) in [4.78, 5) is 25.5. The molecule has 1 aromatic carbocycles. The number of likely N-dealkylation sites (N-methyl/N-ethyl adjacent to an activating group) is 1. The number of hydrogen-bond acceptors (Lipinski definition) is 5. The van der Waals surface area contributed by atoms with Crippen LogP contribution in [-0.2, 0) is 9.59 Å².